The third kappa shape index (κ3) is 5.91. The third-order valence-electron chi connectivity index (χ3n) is 7.90. The first-order valence-electron chi connectivity index (χ1n) is 12.9. The van der Waals surface area contributed by atoms with E-state index < -0.39 is 0 Å². The van der Waals surface area contributed by atoms with Crippen molar-refractivity contribution in [2.75, 3.05) is 0 Å². The van der Waals surface area contributed by atoms with Gasteiger partial charge in [0.05, 0.1) is 12.2 Å². The molecule has 2 nitrogen and oxygen atoms in total. The summed E-state index contributed by atoms with van der Waals surface area (Å²) in [6, 6.07) is 20.9. The lowest BCUT2D eigenvalue weighted by atomic mass is 9.76. The maximum atomic E-state index is 11.4. The largest absolute Gasteiger partial charge is 0.392 e. The number of hydrogen-bond donors (Lipinski definition) is 2. The van der Waals surface area contributed by atoms with Crippen molar-refractivity contribution in [2.24, 2.45) is 11.8 Å². The minimum Gasteiger partial charge on any atom is -0.392 e. The Morgan fingerprint density at radius 1 is 0.531 bits per heavy atom. The van der Waals surface area contributed by atoms with E-state index in [1.165, 1.54) is 49.7 Å². The average Bonchev–Trinajstić information content (AvgIpc) is 2.88. The van der Waals surface area contributed by atoms with Crippen molar-refractivity contribution in [1.82, 2.24) is 0 Å². The summed E-state index contributed by atoms with van der Waals surface area (Å²) in [4.78, 5) is 0. The molecule has 0 saturated heterocycles. The molecule has 0 amide bonds. The fourth-order valence-corrected chi connectivity index (χ4v) is 5.97. The Morgan fingerprint density at radius 2 is 0.875 bits per heavy atom. The van der Waals surface area contributed by atoms with E-state index in [1.54, 1.807) is 0 Å². The average molecular weight is 433 g/mol. The second kappa shape index (κ2) is 11.8. The Morgan fingerprint density at radius 3 is 1.22 bits per heavy atom. The topological polar surface area (TPSA) is 40.5 Å². The molecule has 2 N–H and O–H groups in total. The van der Waals surface area contributed by atoms with Gasteiger partial charge in [-0.1, -0.05) is 111 Å². The summed E-state index contributed by atoms with van der Waals surface area (Å²) in [5, 5.41) is 22.9. The van der Waals surface area contributed by atoms with Gasteiger partial charge in [-0.2, -0.15) is 0 Å². The smallest absolute Gasteiger partial charge is 0.0671 e. The van der Waals surface area contributed by atoms with Gasteiger partial charge >= 0.3 is 0 Å². The van der Waals surface area contributed by atoms with Gasteiger partial charge in [-0.25, -0.2) is 0 Å². The molecule has 2 aliphatic carbocycles. The van der Waals surface area contributed by atoms with E-state index in [2.05, 4.69) is 60.7 Å². The molecular weight excluding hydrogens is 392 g/mol. The molecular formula is C30H40O2. The molecule has 32 heavy (non-hydrogen) atoms. The summed E-state index contributed by atoms with van der Waals surface area (Å²) in [6.07, 6.45) is 15.6. The molecule has 172 valence electrons. The summed E-state index contributed by atoms with van der Waals surface area (Å²) in [6.45, 7) is 0. The zero-order valence-electron chi connectivity index (χ0n) is 19.4. The van der Waals surface area contributed by atoms with E-state index in [-0.39, 0.29) is 24.0 Å². The molecule has 2 aliphatic rings. The maximum Gasteiger partial charge on any atom is 0.0671 e. The molecule has 2 heteroatoms. The summed E-state index contributed by atoms with van der Waals surface area (Å²) in [7, 11) is 0. The highest BCUT2D eigenvalue weighted by Gasteiger charge is 2.31. The van der Waals surface area contributed by atoms with E-state index in [0.717, 1.165) is 25.7 Å². The van der Waals surface area contributed by atoms with Crippen molar-refractivity contribution in [3.8, 4) is 0 Å². The van der Waals surface area contributed by atoms with Gasteiger partial charge in [0, 0.05) is 11.8 Å². The van der Waals surface area contributed by atoms with Crippen molar-refractivity contribution in [2.45, 2.75) is 88.3 Å². The van der Waals surface area contributed by atoms with Gasteiger partial charge in [0.25, 0.3) is 0 Å². The fraction of sp³-hybridized carbons (Fsp3) is 0.533. The van der Waals surface area contributed by atoms with Crippen LogP contribution in [0.15, 0.2) is 72.8 Å². The van der Waals surface area contributed by atoms with Crippen molar-refractivity contribution < 1.29 is 10.2 Å². The molecule has 2 aromatic rings. The monoisotopic (exact) mass is 432 g/mol. The highest BCUT2D eigenvalue weighted by molar-refractivity contribution is 5.30. The molecule has 0 radical (unpaired) electrons. The number of aliphatic hydroxyl groups is 2. The normalized spacial score (nSPS) is 22.4. The molecule has 0 unspecified atom stereocenters. The highest BCUT2D eigenvalue weighted by atomic mass is 16.3. The van der Waals surface area contributed by atoms with Gasteiger partial charge in [0.1, 0.15) is 0 Å². The molecule has 0 aliphatic heterocycles. The molecule has 0 aromatic heterocycles. The number of benzene rings is 2. The van der Waals surface area contributed by atoms with Crippen LogP contribution in [0.3, 0.4) is 0 Å². The van der Waals surface area contributed by atoms with Crippen molar-refractivity contribution >= 4 is 0 Å². The van der Waals surface area contributed by atoms with Crippen LogP contribution in [-0.2, 0) is 0 Å². The first kappa shape index (κ1) is 23.3. The van der Waals surface area contributed by atoms with Crippen LogP contribution in [0.2, 0.25) is 0 Å². The van der Waals surface area contributed by atoms with E-state index in [1.807, 2.05) is 12.1 Å². The summed E-state index contributed by atoms with van der Waals surface area (Å²) in [5.74, 6) is 0.641. The van der Waals surface area contributed by atoms with Crippen LogP contribution >= 0.6 is 0 Å². The van der Waals surface area contributed by atoms with Crippen LogP contribution < -0.4 is 0 Å². The fourth-order valence-electron chi connectivity index (χ4n) is 5.97. The van der Waals surface area contributed by atoms with Crippen LogP contribution in [0.1, 0.15) is 87.2 Å². The third-order valence-corrected chi connectivity index (χ3v) is 7.90. The second-order valence-electron chi connectivity index (χ2n) is 10.0. The Balaban J connectivity index is 1.62. The highest BCUT2D eigenvalue weighted by Crippen LogP contribution is 2.37. The van der Waals surface area contributed by atoms with Crippen LogP contribution in [0.4, 0.5) is 0 Å². The molecule has 2 saturated carbocycles. The van der Waals surface area contributed by atoms with Crippen LogP contribution in [0.5, 0.6) is 0 Å². The van der Waals surface area contributed by atoms with Gasteiger partial charge in [0.2, 0.25) is 0 Å². The lowest BCUT2D eigenvalue weighted by molar-refractivity contribution is 0.0683. The van der Waals surface area contributed by atoms with E-state index in [0.29, 0.717) is 11.8 Å². The van der Waals surface area contributed by atoms with E-state index in [4.69, 9.17) is 0 Å². The Kier molecular flexibility index (Phi) is 8.59. The van der Waals surface area contributed by atoms with E-state index >= 15 is 0 Å². The molecule has 2 aromatic carbocycles. The number of hydrogen-bond acceptors (Lipinski definition) is 2. The first-order chi connectivity index (χ1) is 15.7. The van der Waals surface area contributed by atoms with Gasteiger partial charge in [-0.05, 0) is 48.6 Å². The van der Waals surface area contributed by atoms with Crippen molar-refractivity contribution in [3.63, 3.8) is 0 Å². The molecule has 4 rings (SSSR count). The van der Waals surface area contributed by atoms with Gasteiger partial charge in [0.15, 0.2) is 0 Å². The molecule has 0 heterocycles. The Labute approximate surface area is 194 Å². The minimum atomic E-state index is -0.378. The summed E-state index contributed by atoms with van der Waals surface area (Å²) >= 11 is 0. The molecule has 4 atom stereocenters. The maximum absolute atomic E-state index is 11.4. The molecule has 2 fully saturated rings. The second-order valence-corrected chi connectivity index (χ2v) is 10.0. The SMILES string of the molecule is O[C@H](C1CCCCC1)[C@@H](/C=C\[C@H](c1ccccc1)[C@@H](O)C1CCCCC1)c1ccccc1. The predicted octanol–water partition coefficient (Wildman–Crippen LogP) is 6.99. The van der Waals surface area contributed by atoms with Crippen LogP contribution in [-0.4, -0.2) is 22.4 Å². The zero-order chi connectivity index (χ0) is 22.2. The summed E-state index contributed by atoms with van der Waals surface area (Å²) in [5.41, 5.74) is 2.33. The van der Waals surface area contributed by atoms with Crippen molar-refractivity contribution in [1.29, 1.82) is 0 Å². The zero-order valence-corrected chi connectivity index (χ0v) is 19.4. The predicted molar refractivity (Wildman–Crippen MR) is 133 cm³/mol. The standard InChI is InChI=1S/C30H40O2/c31-29(25-17-9-3-10-18-25)27(23-13-5-1-6-14-23)21-22-28(24-15-7-2-8-16-24)30(32)26-19-11-4-12-20-26/h1-2,5-8,13-16,21-22,25-32H,3-4,9-12,17-20H2/b22-21-/t27-,28+,29+,30-. The lowest BCUT2D eigenvalue weighted by Gasteiger charge is -2.33. The summed E-state index contributed by atoms with van der Waals surface area (Å²) < 4.78 is 0. The van der Waals surface area contributed by atoms with Gasteiger partial charge in [-0.15, -0.1) is 0 Å². The van der Waals surface area contributed by atoms with Gasteiger partial charge < -0.3 is 10.2 Å². The molecule has 0 spiro atoms. The van der Waals surface area contributed by atoms with Crippen molar-refractivity contribution in [3.05, 3.63) is 83.9 Å². The quantitative estimate of drug-likeness (QED) is 0.441. The van der Waals surface area contributed by atoms with Gasteiger partial charge in [-0.3, -0.25) is 0 Å². The Hall–Kier alpha value is -1.90. The lowest BCUT2D eigenvalue weighted by Crippen LogP contribution is -2.30. The Bertz CT molecular complexity index is 734. The molecule has 0 bridgehead atoms. The van der Waals surface area contributed by atoms with Crippen LogP contribution in [0, 0.1) is 11.8 Å². The van der Waals surface area contributed by atoms with Crippen LogP contribution in [0.25, 0.3) is 0 Å². The number of rotatable bonds is 8. The first-order valence-corrected chi connectivity index (χ1v) is 12.9. The minimum absolute atomic E-state index is 0.0379. The van der Waals surface area contributed by atoms with E-state index in [9.17, 15) is 10.2 Å². The number of aliphatic hydroxyl groups excluding tert-OH is 2.